The predicted molar refractivity (Wildman–Crippen MR) is 107 cm³/mol. The topological polar surface area (TPSA) is 0 Å². The van der Waals surface area contributed by atoms with Gasteiger partial charge in [-0.3, -0.25) is 0 Å². The average Bonchev–Trinajstić information content (AvgIpc) is 2.21. The molecule has 3 unspecified atom stereocenters. The summed E-state index contributed by atoms with van der Waals surface area (Å²) in [5, 5.41) is -0.869. The van der Waals surface area contributed by atoms with E-state index >= 15 is 0 Å². The van der Waals surface area contributed by atoms with Crippen LogP contribution in [0.25, 0.3) is 0 Å². The highest BCUT2D eigenvalue weighted by molar-refractivity contribution is 7.67. The summed E-state index contributed by atoms with van der Waals surface area (Å²) >= 11 is 55.5. The molecule has 0 aromatic carbocycles. The largest absolute Gasteiger partial charge is 0.344 e. The zero-order valence-corrected chi connectivity index (χ0v) is 21.4. The van der Waals surface area contributed by atoms with Gasteiger partial charge in [-0.15, -0.1) is 99.7 Å². The third kappa shape index (κ3) is 5.78. The first-order valence-electron chi connectivity index (χ1n) is 5.41. The van der Waals surface area contributed by atoms with Gasteiger partial charge in [-0.1, -0.05) is 20.8 Å². The van der Waals surface area contributed by atoms with Gasteiger partial charge in [0.2, 0.25) is 0 Å². The minimum Gasteiger partial charge on any atom is -0.126 e. The van der Waals surface area contributed by atoms with E-state index in [0.717, 1.165) is 0 Å². The summed E-state index contributed by atoms with van der Waals surface area (Å²) in [5.41, 5.74) is -1.23. The smallest absolute Gasteiger partial charge is 0.126 e. The molecule has 0 saturated carbocycles. The first-order valence-corrected chi connectivity index (χ1v) is 21.3. The van der Waals surface area contributed by atoms with Crippen LogP contribution in [0, 0.1) is 0 Å². The van der Waals surface area contributed by atoms with Gasteiger partial charge in [-0.05, 0) is 21.7 Å². The van der Waals surface area contributed by atoms with Crippen molar-refractivity contribution in [2.75, 3.05) is 0 Å². The van der Waals surface area contributed by atoms with Crippen LogP contribution in [-0.4, -0.2) is 28.3 Å². The Labute approximate surface area is 168 Å². The molecule has 0 amide bonds. The van der Waals surface area contributed by atoms with Gasteiger partial charge >= 0.3 is 18.0 Å². The van der Waals surface area contributed by atoms with E-state index in [9.17, 15) is 0 Å². The average molecular weight is 528 g/mol. The van der Waals surface area contributed by atoms with E-state index in [1.807, 2.05) is 0 Å². The van der Waals surface area contributed by atoms with E-state index in [-0.39, 0.29) is 0 Å². The van der Waals surface area contributed by atoms with Crippen LogP contribution >= 0.6 is 99.7 Å². The second-order valence-corrected chi connectivity index (χ2v) is 32.8. The van der Waals surface area contributed by atoms with Crippen molar-refractivity contribution >= 4 is 128 Å². The predicted octanol–water partition coefficient (Wildman–Crippen LogP) is 7.45. The van der Waals surface area contributed by atoms with Gasteiger partial charge < -0.3 is 0 Å². The molecule has 119 valence electrons. The Hall–Kier alpha value is 3.48. The molecule has 3 radical (unpaired) electrons. The maximum Gasteiger partial charge on any atom is 0.344 e. The van der Waals surface area contributed by atoms with Gasteiger partial charge in [0.1, 0.15) is 0 Å². The van der Waals surface area contributed by atoms with Crippen LogP contribution in [0.3, 0.4) is 0 Å². The van der Waals surface area contributed by atoms with Crippen molar-refractivity contribution in [1.29, 1.82) is 0 Å². The fraction of sp³-hybridized carbons (Fsp3) is 1.00. The van der Waals surface area contributed by atoms with Crippen LogP contribution < -0.4 is 0 Å². The van der Waals surface area contributed by atoms with Crippen molar-refractivity contribution in [3.8, 4) is 0 Å². The molecule has 0 saturated heterocycles. The molecule has 0 aliphatic rings. The molecule has 0 nitrogen and oxygen atoms in total. The normalized spacial score (nSPS) is 22.1. The highest BCUT2D eigenvalue weighted by atomic mass is 35.9. The van der Waals surface area contributed by atoms with Crippen molar-refractivity contribution in [3.05, 3.63) is 0 Å². The fourth-order valence-electron chi connectivity index (χ4n) is 1.94. The van der Waals surface area contributed by atoms with Crippen LogP contribution in [0.5, 0.6) is 0 Å². The molecule has 0 aromatic rings. The van der Waals surface area contributed by atoms with E-state index in [4.69, 9.17) is 99.7 Å². The molecule has 0 fully saturated rings. The molecule has 3 atom stereocenters. The maximum atomic E-state index is 6.17. The summed E-state index contributed by atoms with van der Waals surface area (Å²) in [7, 11) is 3.70. The lowest BCUT2D eigenvalue weighted by atomic mass is 9.96. The van der Waals surface area contributed by atoms with Crippen LogP contribution in [0.15, 0.2) is 0 Å². The Morgan fingerprint density at radius 2 is 0.750 bits per heavy atom. The van der Waals surface area contributed by atoms with E-state index < -0.39 is 39.7 Å². The zero-order chi connectivity index (χ0) is 16.7. The second kappa shape index (κ2) is 7.79. The first-order chi connectivity index (χ1) is 8.46. The van der Waals surface area contributed by atoms with Crippen LogP contribution in [0.2, 0.25) is 21.7 Å². The van der Waals surface area contributed by atoms with Crippen molar-refractivity contribution in [2.45, 2.75) is 42.4 Å². The molecule has 0 aliphatic carbocycles. The Balaban J connectivity index is 5.95. The minimum absolute atomic E-state index is 0.409. The monoisotopic (exact) mass is 523 g/mol. The van der Waals surface area contributed by atoms with Crippen molar-refractivity contribution < 1.29 is 0 Å². The van der Waals surface area contributed by atoms with Crippen molar-refractivity contribution in [3.63, 3.8) is 0 Å². The summed E-state index contributed by atoms with van der Waals surface area (Å²) in [6.07, 6.45) is 0. The van der Waals surface area contributed by atoms with E-state index in [1.165, 1.54) is 0 Å². The summed E-state index contributed by atoms with van der Waals surface area (Å²) in [4.78, 5) is 0. The quantitative estimate of drug-likeness (QED) is 0.249. The molecule has 0 aromatic heterocycles. The molecule has 20 heavy (non-hydrogen) atoms. The van der Waals surface area contributed by atoms with Crippen LogP contribution in [-0.2, 0) is 0 Å². The van der Waals surface area contributed by atoms with Gasteiger partial charge in [-0.25, -0.2) is 0 Å². The number of rotatable bonds is 6. The molecular weight excluding hydrogens is 515 g/mol. The Morgan fingerprint density at radius 1 is 0.600 bits per heavy atom. The Morgan fingerprint density at radius 3 is 0.850 bits per heavy atom. The SMILES string of the molecule is CC(C([Si])(C(C)[Si](Cl)(Cl)Cl)C(C)[Si](Cl)(Cl)Cl)[Si](Cl)(Cl)Cl. The Kier molecular flexibility index (Phi) is 9.15. The fourth-order valence-corrected chi connectivity index (χ4v) is 14.9. The Bertz CT molecular complexity index is 282. The zero-order valence-electron chi connectivity index (χ0n) is 10.6. The summed E-state index contributed by atoms with van der Waals surface area (Å²) < 4.78 is 0. The lowest BCUT2D eigenvalue weighted by Crippen LogP contribution is -2.45. The number of halogens is 9. The standard InChI is InChI=1S/C7H12Cl9Si4/c1-4(18(8,9)10)7(17,5(2)19(11,12)13)6(3)20(14,15)16/h4-6H,1-3H3. The molecule has 0 N–H and O–H groups in total. The van der Waals surface area contributed by atoms with Crippen molar-refractivity contribution in [1.82, 2.24) is 0 Å². The van der Waals surface area contributed by atoms with Gasteiger partial charge in [0, 0.05) is 10.2 Å². The maximum absolute atomic E-state index is 6.17. The molecule has 0 aliphatic heterocycles. The molecule has 0 bridgehead atoms. The van der Waals surface area contributed by atoms with E-state index in [0.29, 0.717) is 0 Å². The van der Waals surface area contributed by atoms with Gasteiger partial charge in [-0.2, -0.15) is 0 Å². The van der Waals surface area contributed by atoms with Gasteiger partial charge in [0.05, 0.1) is 0 Å². The van der Waals surface area contributed by atoms with Crippen LogP contribution in [0.4, 0.5) is 0 Å². The summed E-state index contributed by atoms with van der Waals surface area (Å²) in [6, 6.07) is -9.36. The first kappa shape index (κ1) is 23.5. The molecule has 0 heterocycles. The number of hydrogen-bond donors (Lipinski definition) is 0. The van der Waals surface area contributed by atoms with Gasteiger partial charge in [0.25, 0.3) is 0 Å². The molecule has 13 heteroatoms. The minimum atomic E-state index is -3.12. The lowest BCUT2D eigenvalue weighted by molar-refractivity contribution is 0.493. The lowest BCUT2D eigenvalue weighted by Gasteiger charge is -2.50. The second-order valence-electron chi connectivity index (χ2n) is 4.72. The molecule has 0 rings (SSSR count). The summed E-state index contributed by atoms with van der Waals surface area (Å²) in [5.74, 6) is 0. The highest BCUT2D eigenvalue weighted by Crippen LogP contribution is 2.68. The number of hydrogen-bond acceptors (Lipinski definition) is 0. The third-order valence-electron chi connectivity index (χ3n) is 3.62. The van der Waals surface area contributed by atoms with Crippen LogP contribution in [0.1, 0.15) is 20.8 Å². The highest BCUT2D eigenvalue weighted by Gasteiger charge is 2.60. The van der Waals surface area contributed by atoms with Gasteiger partial charge in [0.15, 0.2) is 0 Å². The molecular formula is C7H12Cl9Si4. The van der Waals surface area contributed by atoms with E-state index in [1.54, 1.807) is 20.8 Å². The van der Waals surface area contributed by atoms with Crippen molar-refractivity contribution in [2.24, 2.45) is 0 Å². The molecule has 0 spiro atoms. The third-order valence-corrected chi connectivity index (χ3v) is 19.0. The summed E-state index contributed by atoms with van der Waals surface area (Å²) in [6.45, 7) is 5.36. The van der Waals surface area contributed by atoms with E-state index in [2.05, 4.69) is 10.2 Å².